The lowest BCUT2D eigenvalue weighted by Gasteiger charge is -2.13. The van der Waals surface area contributed by atoms with Crippen molar-refractivity contribution in [1.29, 1.82) is 0 Å². The van der Waals surface area contributed by atoms with E-state index in [0.717, 1.165) is 5.56 Å². The molecule has 0 bridgehead atoms. The summed E-state index contributed by atoms with van der Waals surface area (Å²) in [5.74, 6) is -0.627. The van der Waals surface area contributed by atoms with Crippen LogP contribution in [0.2, 0.25) is 0 Å². The summed E-state index contributed by atoms with van der Waals surface area (Å²) >= 11 is 0. The van der Waals surface area contributed by atoms with Crippen LogP contribution in [0.1, 0.15) is 36.2 Å². The third kappa shape index (κ3) is 5.04. The molecule has 1 aliphatic heterocycles. The molecule has 0 aromatic heterocycles. The Morgan fingerprint density at radius 3 is 2.59 bits per heavy atom. The van der Waals surface area contributed by atoms with Crippen molar-refractivity contribution in [3.63, 3.8) is 0 Å². The van der Waals surface area contributed by atoms with Gasteiger partial charge in [-0.3, -0.25) is 14.4 Å². The van der Waals surface area contributed by atoms with Crippen molar-refractivity contribution in [3.8, 4) is 11.5 Å². The number of hydrogen-bond donors (Lipinski definition) is 3. The number of hydrogen-bond acceptors (Lipinski definition) is 5. The SMILES string of the molecule is CC[C@@H](C)NC(=O)C(=O)Nc1ccccc1C(=O)NCc1ccc2c(c1)OCO2. The molecule has 0 fully saturated rings. The van der Waals surface area contributed by atoms with Gasteiger partial charge >= 0.3 is 11.8 Å². The first-order valence-corrected chi connectivity index (χ1v) is 9.35. The minimum absolute atomic E-state index is 0.117. The number of carbonyl (C=O) groups excluding carboxylic acids is 3. The molecular formula is C21H23N3O5. The molecule has 0 spiro atoms. The van der Waals surface area contributed by atoms with E-state index in [-0.39, 0.29) is 36.5 Å². The van der Waals surface area contributed by atoms with Gasteiger partial charge in [-0.15, -0.1) is 0 Å². The van der Waals surface area contributed by atoms with E-state index >= 15 is 0 Å². The number of benzene rings is 2. The summed E-state index contributed by atoms with van der Waals surface area (Å²) in [6, 6.07) is 11.8. The van der Waals surface area contributed by atoms with Gasteiger partial charge in [0.2, 0.25) is 6.79 Å². The van der Waals surface area contributed by atoms with E-state index in [1.165, 1.54) is 0 Å². The molecule has 2 aromatic rings. The van der Waals surface area contributed by atoms with Crippen LogP contribution in [-0.4, -0.2) is 30.6 Å². The number of amides is 3. The van der Waals surface area contributed by atoms with E-state index in [4.69, 9.17) is 9.47 Å². The van der Waals surface area contributed by atoms with Crippen LogP contribution < -0.4 is 25.4 Å². The quantitative estimate of drug-likeness (QED) is 0.648. The number of nitrogens with one attached hydrogen (secondary N) is 3. The number of carbonyl (C=O) groups is 3. The molecule has 1 aliphatic rings. The van der Waals surface area contributed by atoms with Gasteiger partial charge in [-0.25, -0.2) is 0 Å². The Labute approximate surface area is 168 Å². The molecule has 0 radical (unpaired) electrons. The molecule has 1 heterocycles. The molecule has 8 nitrogen and oxygen atoms in total. The maximum absolute atomic E-state index is 12.6. The first-order valence-electron chi connectivity index (χ1n) is 9.35. The van der Waals surface area contributed by atoms with Crippen molar-refractivity contribution in [1.82, 2.24) is 10.6 Å². The van der Waals surface area contributed by atoms with Crippen LogP contribution in [0, 0.1) is 0 Å². The normalized spacial score (nSPS) is 12.8. The number of fused-ring (bicyclic) bond motifs is 1. The summed E-state index contributed by atoms with van der Waals surface area (Å²) in [4.78, 5) is 36.7. The van der Waals surface area contributed by atoms with Crippen LogP contribution in [0.5, 0.6) is 11.5 Å². The van der Waals surface area contributed by atoms with Gasteiger partial charge in [-0.05, 0) is 43.2 Å². The molecule has 3 rings (SSSR count). The van der Waals surface area contributed by atoms with Crippen LogP contribution >= 0.6 is 0 Å². The molecule has 0 aliphatic carbocycles. The highest BCUT2D eigenvalue weighted by molar-refractivity contribution is 6.40. The van der Waals surface area contributed by atoms with Crippen LogP contribution in [0.3, 0.4) is 0 Å². The molecule has 152 valence electrons. The van der Waals surface area contributed by atoms with Crippen LogP contribution in [0.15, 0.2) is 42.5 Å². The highest BCUT2D eigenvalue weighted by Crippen LogP contribution is 2.32. The summed E-state index contributed by atoms with van der Waals surface area (Å²) in [5, 5.41) is 7.90. The Kier molecular flexibility index (Phi) is 6.33. The average molecular weight is 397 g/mol. The Hall–Kier alpha value is -3.55. The molecule has 0 saturated heterocycles. The summed E-state index contributed by atoms with van der Waals surface area (Å²) in [7, 11) is 0. The van der Waals surface area contributed by atoms with Gasteiger partial charge in [-0.2, -0.15) is 0 Å². The standard InChI is InChI=1S/C21H23N3O5/c1-3-13(2)23-20(26)21(27)24-16-7-5-4-6-15(16)19(25)22-11-14-8-9-17-18(10-14)29-12-28-17/h4-10,13H,3,11-12H2,1-2H3,(H,22,25)(H,23,26)(H,24,27)/t13-/m1/s1. The van der Waals surface area contributed by atoms with Gasteiger partial charge in [0.25, 0.3) is 5.91 Å². The van der Waals surface area contributed by atoms with Crippen molar-refractivity contribution in [2.75, 3.05) is 12.1 Å². The topological polar surface area (TPSA) is 106 Å². The lowest BCUT2D eigenvalue weighted by atomic mass is 10.1. The van der Waals surface area contributed by atoms with Gasteiger partial charge in [0.1, 0.15) is 0 Å². The second-order valence-electron chi connectivity index (χ2n) is 6.65. The molecule has 0 saturated carbocycles. The first kappa shape index (κ1) is 20.2. The number of rotatable bonds is 6. The molecule has 1 atom stereocenters. The van der Waals surface area contributed by atoms with Crippen molar-refractivity contribution >= 4 is 23.4 Å². The third-order valence-corrected chi connectivity index (χ3v) is 4.51. The maximum Gasteiger partial charge on any atom is 0.313 e. The van der Waals surface area contributed by atoms with Gasteiger partial charge in [0.05, 0.1) is 11.3 Å². The zero-order chi connectivity index (χ0) is 20.8. The van der Waals surface area contributed by atoms with E-state index in [2.05, 4.69) is 16.0 Å². The fraction of sp³-hybridized carbons (Fsp3) is 0.286. The summed E-state index contributed by atoms with van der Waals surface area (Å²) in [5.41, 5.74) is 1.37. The molecule has 3 amide bonds. The highest BCUT2D eigenvalue weighted by Gasteiger charge is 2.19. The Balaban J connectivity index is 1.64. The predicted octanol–water partition coefficient (Wildman–Crippen LogP) is 2.20. The van der Waals surface area contributed by atoms with E-state index < -0.39 is 11.8 Å². The number of para-hydroxylation sites is 1. The molecular weight excluding hydrogens is 374 g/mol. The van der Waals surface area contributed by atoms with Gasteiger partial charge in [0.15, 0.2) is 11.5 Å². The molecule has 8 heteroatoms. The average Bonchev–Trinajstić information content (AvgIpc) is 3.20. The minimum Gasteiger partial charge on any atom is -0.454 e. The van der Waals surface area contributed by atoms with Gasteiger partial charge in [0, 0.05) is 12.6 Å². The smallest absolute Gasteiger partial charge is 0.313 e. The Bertz CT molecular complexity index is 928. The van der Waals surface area contributed by atoms with E-state index in [0.29, 0.717) is 17.9 Å². The van der Waals surface area contributed by atoms with E-state index in [9.17, 15) is 14.4 Å². The van der Waals surface area contributed by atoms with Crippen molar-refractivity contribution < 1.29 is 23.9 Å². The molecule has 0 unspecified atom stereocenters. The van der Waals surface area contributed by atoms with Crippen LogP contribution in [0.4, 0.5) is 5.69 Å². The van der Waals surface area contributed by atoms with Crippen molar-refractivity contribution in [2.24, 2.45) is 0 Å². The minimum atomic E-state index is -0.818. The fourth-order valence-corrected chi connectivity index (χ4v) is 2.69. The fourth-order valence-electron chi connectivity index (χ4n) is 2.69. The maximum atomic E-state index is 12.6. The molecule has 2 aromatic carbocycles. The van der Waals surface area contributed by atoms with E-state index in [1.807, 2.05) is 19.9 Å². The van der Waals surface area contributed by atoms with E-state index in [1.54, 1.807) is 36.4 Å². The van der Waals surface area contributed by atoms with Crippen molar-refractivity contribution in [2.45, 2.75) is 32.9 Å². The highest BCUT2D eigenvalue weighted by atomic mass is 16.7. The number of ether oxygens (including phenoxy) is 2. The lowest BCUT2D eigenvalue weighted by Crippen LogP contribution is -2.40. The monoisotopic (exact) mass is 397 g/mol. The van der Waals surface area contributed by atoms with Gasteiger partial charge in [-0.1, -0.05) is 25.1 Å². The van der Waals surface area contributed by atoms with Crippen LogP contribution in [0.25, 0.3) is 0 Å². The third-order valence-electron chi connectivity index (χ3n) is 4.51. The zero-order valence-corrected chi connectivity index (χ0v) is 16.3. The summed E-state index contributed by atoms with van der Waals surface area (Å²) < 4.78 is 10.6. The Morgan fingerprint density at radius 2 is 1.79 bits per heavy atom. The Morgan fingerprint density at radius 1 is 1.03 bits per heavy atom. The predicted molar refractivity (Wildman–Crippen MR) is 107 cm³/mol. The molecule has 29 heavy (non-hydrogen) atoms. The van der Waals surface area contributed by atoms with Crippen LogP contribution in [-0.2, 0) is 16.1 Å². The lowest BCUT2D eigenvalue weighted by molar-refractivity contribution is -0.136. The van der Waals surface area contributed by atoms with Gasteiger partial charge < -0.3 is 25.4 Å². The molecule has 3 N–H and O–H groups in total. The summed E-state index contributed by atoms with van der Waals surface area (Å²) in [6.45, 7) is 4.17. The first-order chi connectivity index (χ1) is 14.0. The second-order valence-corrected chi connectivity index (χ2v) is 6.65. The zero-order valence-electron chi connectivity index (χ0n) is 16.3. The van der Waals surface area contributed by atoms with Crippen molar-refractivity contribution in [3.05, 3.63) is 53.6 Å². The second kappa shape index (κ2) is 9.09. The summed E-state index contributed by atoms with van der Waals surface area (Å²) in [6.07, 6.45) is 0.706. The largest absolute Gasteiger partial charge is 0.454 e. The number of anilines is 1.